The smallest absolute Gasteiger partial charge is 0.472 e. The fourth-order valence-electron chi connectivity index (χ4n) is 4.07. The number of carboxylic acids is 2. The third-order valence-electron chi connectivity index (χ3n) is 6.35. The monoisotopic (exact) mass is 660 g/mol. The highest BCUT2D eigenvalue weighted by Gasteiger charge is 2.32. The van der Waals surface area contributed by atoms with Crippen molar-refractivity contribution in [3.63, 3.8) is 0 Å². The summed E-state index contributed by atoms with van der Waals surface area (Å²) >= 11 is 0. The third-order valence-corrected chi connectivity index (χ3v) is 7.30. The van der Waals surface area contributed by atoms with Crippen molar-refractivity contribution < 1.29 is 63.5 Å². The Kier molecular flexibility index (Phi) is 11.5. The van der Waals surface area contributed by atoms with Crippen LogP contribution in [0.1, 0.15) is 12.8 Å². The van der Waals surface area contributed by atoms with Crippen LogP contribution in [0.5, 0.6) is 0 Å². The van der Waals surface area contributed by atoms with Gasteiger partial charge in [-0.2, -0.15) is 0 Å². The molecule has 10 N–H and O–H groups in total. The molecule has 21 heteroatoms. The number of hydrogen-bond donors (Lipinski definition) is 10. The molecule has 246 valence electrons. The number of aromatic amines is 2. The maximum atomic E-state index is 12.4. The largest absolute Gasteiger partial charge is 0.481 e. The van der Waals surface area contributed by atoms with E-state index in [1.54, 1.807) is 0 Å². The van der Waals surface area contributed by atoms with E-state index in [1.807, 2.05) is 10.3 Å². The Hall–Kier alpha value is -4.27. The van der Waals surface area contributed by atoms with Gasteiger partial charge >= 0.3 is 25.5 Å². The van der Waals surface area contributed by atoms with E-state index in [1.165, 1.54) is 18.2 Å². The molecule has 0 bridgehead atoms. The summed E-state index contributed by atoms with van der Waals surface area (Å²) in [5.41, 5.74) is -1.82. The minimum Gasteiger partial charge on any atom is -0.481 e. The zero-order valence-electron chi connectivity index (χ0n) is 22.9. The molecule has 0 saturated carbocycles. The van der Waals surface area contributed by atoms with Crippen LogP contribution in [0.4, 0.5) is 0 Å². The summed E-state index contributed by atoms with van der Waals surface area (Å²) in [5.74, 6) is -4.32. The average Bonchev–Trinajstić information content (AvgIpc) is 2.96. The lowest BCUT2D eigenvalue weighted by atomic mass is 10.0. The SMILES string of the molecule is O=C(O)CC[C@H](NC(=O)[C@@H](O)COP(=O)(O)OC[C@@H](O)[C@H](O)[C@@H](O)Cn1c2cc(=O)ccc-2cc2c(=O)[nH]c(=O)[nH]c21)C(=O)O. The molecular weight excluding hydrogens is 631 g/mol. The number of fused-ring (bicyclic) bond motifs is 2. The number of carboxylic acid groups (broad SMARTS) is 2. The van der Waals surface area contributed by atoms with E-state index in [9.17, 15) is 58.7 Å². The van der Waals surface area contributed by atoms with Gasteiger partial charge in [0.15, 0.2) is 11.5 Å². The highest BCUT2D eigenvalue weighted by atomic mass is 31.2. The van der Waals surface area contributed by atoms with Gasteiger partial charge in [-0.25, -0.2) is 14.2 Å². The summed E-state index contributed by atoms with van der Waals surface area (Å²) < 4.78 is 22.3. The van der Waals surface area contributed by atoms with Crippen LogP contribution >= 0.6 is 7.82 Å². The van der Waals surface area contributed by atoms with Crippen LogP contribution in [0, 0.1) is 0 Å². The number of benzene rings is 1. The maximum absolute atomic E-state index is 12.4. The number of H-pyrrole nitrogens is 2. The van der Waals surface area contributed by atoms with Gasteiger partial charge in [-0.3, -0.25) is 38.2 Å². The molecule has 3 rings (SSSR count). The first kappa shape index (κ1) is 35.2. The molecule has 2 heterocycles. The molecular formula is C24H29N4O16P. The lowest BCUT2D eigenvalue weighted by Crippen LogP contribution is -2.46. The Balaban J connectivity index is 1.63. The Morgan fingerprint density at radius 2 is 1.62 bits per heavy atom. The van der Waals surface area contributed by atoms with E-state index < -0.39 is 105 Å². The number of nitrogens with zero attached hydrogens (tertiary/aromatic N) is 1. The van der Waals surface area contributed by atoms with Crippen molar-refractivity contribution in [3.05, 3.63) is 55.3 Å². The zero-order chi connectivity index (χ0) is 33.6. The maximum Gasteiger partial charge on any atom is 0.472 e. The molecule has 0 fully saturated rings. The van der Waals surface area contributed by atoms with E-state index in [2.05, 4.69) is 14.0 Å². The van der Waals surface area contributed by atoms with Gasteiger partial charge < -0.3 is 45.4 Å². The molecule has 45 heavy (non-hydrogen) atoms. The number of pyridine rings is 1. The lowest BCUT2D eigenvalue weighted by molar-refractivity contribution is -0.145. The van der Waals surface area contributed by atoms with Crippen LogP contribution in [0.25, 0.3) is 22.3 Å². The van der Waals surface area contributed by atoms with Gasteiger partial charge in [0.1, 0.15) is 30.0 Å². The van der Waals surface area contributed by atoms with Crippen molar-refractivity contribution in [1.82, 2.24) is 19.9 Å². The molecule has 20 nitrogen and oxygen atoms in total. The first-order valence-corrected chi connectivity index (χ1v) is 14.4. The zero-order valence-corrected chi connectivity index (χ0v) is 23.8. The normalized spacial score (nSPS) is 16.4. The van der Waals surface area contributed by atoms with Crippen LogP contribution in [0.2, 0.25) is 0 Å². The molecule has 6 atom stereocenters. The topological polar surface area (TPSA) is 328 Å². The third kappa shape index (κ3) is 9.36. The van der Waals surface area contributed by atoms with Crippen LogP contribution < -0.4 is 22.0 Å². The molecule has 1 aliphatic carbocycles. The Labute approximate surface area is 250 Å². The lowest BCUT2D eigenvalue weighted by Gasteiger charge is -2.26. The van der Waals surface area contributed by atoms with Crippen molar-refractivity contribution in [3.8, 4) is 11.3 Å². The molecule has 0 aromatic carbocycles. The average molecular weight is 660 g/mol. The van der Waals surface area contributed by atoms with Crippen molar-refractivity contribution in [2.75, 3.05) is 13.2 Å². The fourth-order valence-corrected chi connectivity index (χ4v) is 4.81. The first-order chi connectivity index (χ1) is 21.0. The second kappa shape index (κ2) is 14.7. The Bertz CT molecular complexity index is 1750. The number of aliphatic carboxylic acids is 2. The number of nitrogens with one attached hydrogen (secondary N) is 3. The van der Waals surface area contributed by atoms with E-state index in [-0.39, 0.29) is 16.7 Å². The quantitative estimate of drug-likeness (QED) is 0.0526. The summed E-state index contributed by atoms with van der Waals surface area (Å²) in [7, 11) is -5.14. The Morgan fingerprint density at radius 3 is 2.27 bits per heavy atom. The van der Waals surface area contributed by atoms with Gasteiger partial charge in [-0.05, 0) is 30.2 Å². The highest BCUT2D eigenvalue weighted by Crippen LogP contribution is 2.43. The number of aromatic nitrogens is 3. The fraction of sp³-hybridized carbons (Fsp3) is 0.417. The van der Waals surface area contributed by atoms with Gasteiger partial charge in [0.2, 0.25) is 0 Å². The van der Waals surface area contributed by atoms with Crippen molar-refractivity contribution >= 4 is 36.7 Å². The summed E-state index contributed by atoms with van der Waals surface area (Å²) in [6, 6.07) is 3.41. The Morgan fingerprint density at radius 1 is 0.956 bits per heavy atom. The molecule has 1 aromatic rings. The van der Waals surface area contributed by atoms with Gasteiger partial charge in [-0.15, -0.1) is 0 Å². The summed E-state index contributed by atoms with van der Waals surface area (Å²) in [4.78, 5) is 84.3. The second-order valence-corrected chi connectivity index (χ2v) is 11.1. The van der Waals surface area contributed by atoms with E-state index in [0.29, 0.717) is 5.56 Å². The standard InChI is InChI=1S/C24H29N4O16P/c29-11-2-1-10-5-12-20(26-24(40)27-21(12)36)28(14(10)6-11)7-15(30)19(35)16(31)8-43-45(41,42)44-9-17(32)22(37)25-13(23(38)39)3-4-18(33)34/h1-2,5-6,13,15-17,19,30-32,35H,3-4,7-9H2,(H,25,37)(H,33,34)(H,38,39)(H,41,42)(H2,26,27,36,40)/t13-,15-,16+,17-,19+/m0/s1. The number of carbonyl (C=O) groups excluding carboxylic acids is 1. The summed E-state index contributed by atoms with van der Waals surface area (Å²) in [6.07, 6.45) is -9.41. The van der Waals surface area contributed by atoms with Crippen molar-refractivity contribution in [1.29, 1.82) is 0 Å². The number of rotatable bonds is 16. The van der Waals surface area contributed by atoms with Crippen LogP contribution in [-0.2, 0) is 34.5 Å². The predicted molar refractivity (Wildman–Crippen MR) is 148 cm³/mol. The van der Waals surface area contributed by atoms with Gasteiger partial charge in [0.05, 0.1) is 30.8 Å². The van der Waals surface area contributed by atoms with Crippen LogP contribution in [-0.4, -0.2) is 112 Å². The number of amides is 1. The number of aliphatic hydroxyl groups excluding tert-OH is 4. The van der Waals surface area contributed by atoms with Crippen LogP contribution in [0.15, 0.2) is 38.6 Å². The number of phosphoric ester groups is 1. The number of hydrogen-bond acceptors (Lipinski definition) is 13. The molecule has 1 amide bonds. The van der Waals surface area contributed by atoms with Gasteiger partial charge in [-0.1, -0.05) is 0 Å². The van der Waals surface area contributed by atoms with Gasteiger partial charge in [0.25, 0.3) is 11.5 Å². The van der Waals surface area contributed by atoms with E-state index in [4.69, 9.17) is 10.2 Å². The highest BCUT2D eigenvalue weighted by molar-refractivity contribution is 7.47. The summed E-state index contributed by atoms with van der Waals surface area (Å²) in [5, 5.41) is 60.8. The molecule has 0 radical (unpaired) electrons. The first-order valence-electron chi connectivity index (χ1n) is 12.9. The number of aliphatic hydroxyl groups is 4. The van der Waals surface area contributed by atoms with Crippen molar-refractivity contribution in [2.24, 2.45) is 0 Å². The van der Waals surface area contributed by atoms with Crippen LogP contribution in [0.3, 0.4) is 0 Å². The molecule has 0 spiro atoms. The summed E-state index contributed by atoms with van der Waals surface area (Å²) in [6.45, 7) is -2.98. The number of phosphoric acid groups is 1. The second-order valence-electron chi connectivity index (χ2n) is 9.68. The van der Waals surface area contributed by atoms with E-state index >= 15 is 0 Å². The number of carbonyl (C=O) groups is 3. The molecule has 0 saturated heterocycles. The minimum absolute atomic E-state index is 0.0423. The molecule has 1 aliphatic heterocycles. The predicted octanol–water partition coefficient (Wildman–Crippen LogP) is -3.51. The molecule has 2 aliphatic rings. The van der Waals surface area contributed by atoms with Crippen molar-refractivity contribution in [2.45, 2.75) is 49.8 Å². The van der Waals surface area contributed by atoms with E-state index in [0.717, 1.165) is 10.6 Å². The molecule has 1 aromatic heterocycles. The minimum atomic E-state index is -5.14. The van der Waals surface area contributed by atoms with Gasteiger partial charge in [0, 0.05) is 12.5 Å². The molecule has 1 unspecified atom stereocenters.